The van der Waals surface area contributed by atoms with Crippen LogP contribution in [0.3, 0.4) is 0 Å². The maximum absolute atomic E-state index is 2.51. The molecule has 0 amide bonds. The molecule has 6 aromatic carbocycles. The maximum atomic E-state index is 2.51. The molecule has 0 fully saturated rings. The molecule has 0 aliphatic carbocycles. The maximum Gasteiger partial charge on any atom is 4.00 e. The van der Waals surface area contributed by atoms with Gasteiger partial charge in [0, 0.05) is 8.07 Å². The van der Waals surface area contributed by atoms with Crippen LogP contribution in [0.15, 0.2) is 97.1 Å². The van der Waals surface area contributed by atoms with E-state index in [-0.39, 0.29) is 51.0 Å². The SMILES string of the molecule is C[Si](C)(c1cccc2c1[cH-]c1ccccc12)c1cccc2c1[cH-]c1ccccc12.[Cl-].[Cl-].[Zr+4]. The molecule has 0 bridgehead atoms. The summed E-state index contributed by atoms with van der Waals surface area (Å²) in [7, 11) is -1.91. The van der Waals surface area contributed by atoms with Crippen molar-refractivity contribution in [2.75, 3.05) is 0 Å². The second kappa shape index (κ2) is 9.27. The van der Waals surface area contributed by atoms with Gasteiger partial charge in [-0.15, -0.1) is 77.7 Å². The van der Waals surface area contributed by atoms with E-state index in [1.165, 1.54) is 53.5 Å². The Labute approximate surface area is 221 Å². The molecule has 156 valence electrons. The number of hydrogen-bond donors (Lipinski definition) is 0. The molecule has 0 aromatic heterocycles. The van der Waals surface area contributed by atoms with Crippen LogP contribution in [0.25, 0.3) is 43.1 Å². The summed E-state index contributed by atoms with van der Waals surface area (Å²) >= 11 is 0. The minimum Gasteiger partial charge on any atom is -1.00 e. The fourth-order valence-corrected chi connectivity index (χ4v) is 8.27. The standard InChI is InChI=1S/C28H22Si.2ClH.Zr/c1-29(2,27-15-7-13-23-21-11-5-3-9-19(21)17-25(23)27)28-16-8-14-24-22-12-6-4-10-20(22)18-26(24)28;;;/h3-18H,1-2H3;2*1H;/q-2;;;+4/p-2. The normalized spacial score (nSPS) is 11.3. The molecule has 32 heavy (non-hydrogen) atoms. The molecule has 0 aliphatic rings. The van der Waals surface area contributed by atoms with Gasteiger partial charge in [0.25, 0.3) is 0 Å². The molecule has 0 unspecified atom stereocenters. The van der Waals surface area contributed by atoms with Crippen LogP contribution in [0.1, 0.15) is 0 Å². The minimum atomic E-state index is -1.91. The topological polar surface area (TPSA) is 0 Å². The van der Waals surface area contributed by atoms with Crippen molar-refractivity contribution >= 4 is 61.5 Å². The van der Waals surface area contributed by atoms with E-state index < -0.39 is 8.07 Å². The van der Waals surface area contributed by atoms with Gasteiger partial charge in [-0.25, -0.2) is 0 Å². The summed E-state index contributed by atoms with van der Waals surface area (Å²) in [5.41, 5.74) is 0. The van der Waals surface area contributed by atoms with E-state index in [0.717, 1.165) is 0 Å². The van der Waals surface area contributed by atoms with Crippen LogP contribution >= 0.6 is 0 Å². The van der Waals surface area contributed by atoms with Crippen molar-refractivity contribution in [2.45, 2.75) is 13.1 Å². The van der Waals surface area contributed by atoms with Gasteiger partial charge in [-0.05, 0) is 0 Å². The quantitative estimate of drug-likeness (QED) is 0.219. The molecule has 0 N–H and O–H groups in total. The van der Waals surface area contributed by atoms with Crippen molar-refractivity contribution in [2.24, 2.45) is 0 Å². The van der Waals surface area contributed by atoms with Gasteiger partial charge in [0.05, 0.1) is 0 Å². The zero-order valence-electron chi connectivity index (χ0n) is 18.0. The molecule has 0 atom stereocenters. The molecular weight excluding hydrogens is 527 g/mol. The number of fused-ring (bicyclic) bond motifs is 6. The molecule has 4 heteroatoms. The number of hydrogen-bond acceptors (Lipinski definition) is 0. The first-order valence-corrected chi connectivity index (χ1v) is 13.3. The summed E-state index contributed by atoms with van der Waals surface area (Å²) in [5, 5.41) is 14.1. The summed E-state index contributed by atoms with van der Waals surface area (Å²) in [6, 6.07) is 36.1. The molecule has 0 aliphatic heterocycles. The average molecular weight is 549 g/mol. The van der Waals surface area contributed by atoms with Crippen molar-refractivity contribution in [3.8, 4) is 0 Å². The molecule has 0 nitrogen and oxygen atoms in total. The van der Waals surface area contributed by atoms with E-state index in [2.05, 4.69) is 110 Å². The van der Waals surface area contributed by atoms with Crippen molar-refractivity contribution in [3.05, 3.63) is 97.1 Å². The van der Waals surface area contributed by atoms with Gasteiger partial charge >= 0.3 is 26.2 Å². The average Bonchev–Trinajstić information content (AvgIpc) is 3.31. The third-order valence-electron chi connectivity index (χ3n) is 6.66. The largest absolute Gasteiger partial charge is 4.00 e. The zero-order valence-corrected chi connectivity index (χ0v) is 23.0. The van der Waals surface area contributed by atoms with Crippen molar-refractivity contribution in [1.82, 2.24) is 0 Å². The monoisotopic (exact) mass is 546 g/mol. The first-order valence-electron chi connectivity index (χ1n) is 10.3. The molecule has 0 radical (unpaired) electrons. The van der Waals surface area contributed by atoms with E-state index >= 15 is 0 Å². The Morgan fingerprint density at radius 2 is 0.875 bits per heavy atom. The van der Waals surface area contributed by atoms with Crippen molar-refractivity contribution < 1.29 is 51.0 Å². The van der Waals surface area contributed by atoms with Gasteiger partial charge in [0.15, 0.2) is 0 Å². The Balaban J connectivity index is 0.000000963. The predicted molar refractivity (Wildman–Crippen MR) is 131 cm³/mol. The Morgan fingerprint density at radius 1 is 0.500 bits per heavy atom. The van der Waals surface area contributed by atoms with Gasteiger partial charge in [-0.2, -0.15) is 0 Å². The van der Waals surface area contributed by atoms with Gasteiger partial charge in [0.2, 0.25) is 0 Å². The Kier molecular flexibility index (Phi) is 7.23. The van der Waals surface area contributed by atoms with Crippen LogP contribution in [-0.2, 0) is 26.2 Å². The third kappa shape index (κ3) is 3.62. The van der Waals surface area contributed by atoms with Crippen molar-refractivity contribution in [3.63, 3.8) is 0 Å². The summed E-state index contributed by atoms with van der Waals surface area (Å²) in [6.07, 6.45) is 0. The first kappa shape index (κ1) is 24.9. The van der Waals surface area contributed by atoms with Crippen LogP contribution in [0.5, 0.6) is 0 Å². The summed E-state index contributed by atoms with van der Waals surface area (Å²) < 4.78 is 0. The van der Waals surface area contributed by atoms with Crippen LogP contribution in [0.4, 0.5) is 0 Å². The number of benzene rings is 4. The van der Waals surface area contributed by atoms with Crippen LogP contribution in [0.2, 0.25) is 13.1 Å². The van der Waals surface area contributed by atoms with Gasteiger partial charge < -0.3 is 24.8 Å². The van der Waals surface area contributed by atoms with E-state index in [1.54, 1.807) is 0 Å². The summed E-state index contributed by atoms with van der Waals surface area (Å²) in [5.74, 6) is 0. The van der Waals surface area contributed by atoms with E-state index in [1.807, 2.05) is 0 Å². The predicted octanol–water partition coefficient (Wildman–Crippen LogP) is 0.565. The van der Waals surface area contributed by atoms with E-state index in [9.17, 15) is 0 Å². The Morgan fingerprint density at radius 3 is 1.31 bits per heavy atom. The van der Waals surface area contributed by atoms with Gasteiger partial charge in [-0.1, -0.05) is 85.9 Å². The first-order chi connectivity index (χ1) is 14.1. The second-order valence-corrected chi connectivity index (χ2v) is 12.9. The molecule has 0 spiro atoms. The van der Waals surface area contributed by atoms with Crippen molar-refractivity contribution in [1.29, 1.82) is 0 Å². The second-order valence-electron chi connectivity index (χ2n) is 8.62. The van der Waals surface area contributed by atoms with Crippen LogP contribution in [-0.4, -0.2) is 8.07 Å². The number of halogens is 2. The summed E-state index contributed by atoms with van der Waals surface area (Å²) in [6.45, 7) is 5.01. The fraction of sp³-hybridized carbons (Fsp3) is 0.0714. The number of rotatable bonds is 2. The summed E-state index contributed by atoms with van der Waals surface area (Å²) in [4.78, 5) is 0. The third-order valence-corrected chi connectivity index (χ3v) is 10.2. The molecule has 6 rings (SSSR count). The Bertz CT molecular complexity index is 1430. The van der Waals surface area contributed by atoms with Gasteiger partial charge in [-0.3, -0.25) is 0 Å². The van der Waals surface area contributed by atoms with Gasteiger partial charge in [0.1, 0.15) is 0 Å². The smallest absolute Gasteiger partial charge is 1.00 e. The molecular formula is C28H22Cl2SiZr. The molecule has 0 saturated heterocycles. The molecule has 0 heterocycles. The Hall–Kier alpha value is -1.70. The molecule has 0 saturated carbocycles. The zero-order chi connectivity index (χ0) is 19.6. The fourth-order valence-electron chi connectivity index (χ4n) is 5.19. The van der Waals surface area contributed by atoms with E-state index in [4.69, 9.17) is 0 Å². The molecule has 6 aromatic rings. The van der Waals surface area contributed by atoms with E-state index in [0.29, 0.717) is 0 Å². The van der Waals surface area contributed by atoms with Crippen LogP contribution in [0, 0.1) is 0 Å². The minimum absolute atomic E-state index is 0. The van der Waals surface area contributed by atoms with Crippen LogP contribution < -0.4 is 35.2 Å².